The summed E-state index contributed by atoms with van der Waals surface area (Å²) in [5, 5.41) is 25.4. The van der Waals surface area contributed by atoms with E-state index >= 15 is 0 Å². The third kappa shape index (κ3) is 3.91. The van der Waals surface area contributed by atoms with Gasteiger partial charge in [0.05, 0.1) is 18.2 Å². The van der Waals surface area contributed by atoms with Crippen LogP contribution in [0.15, 0.2) is 24.3 Å². The van der Waals surface area contributed by atoms with Crippen LogP contribution in [0.1, 0.15) is 18.1 Å². The number of hydrogen-bond acceptors (Lipinski definition) is 4. The molecule has 0 radical (unpaired) electrons. The number of benzene rings is 1. The number of amides is 1. The number of rotatable bonds is 4. The second kappa shape index (κ2) is 6.34. The number of hydrogen-bond donors (Lipinski definition) is 4. The minimum absolute atomic E-state index is 0.134. The van der Waals surface area contributed by atoms with Gasteiger partial charge in [0.1, 0.15) is 0 Å². The molecule has 5 nitrogen and oxygen atoms in total. The first-order valence-electron chi connectivity index (χ1n) is 6.19. The Bertz CT molecular complexity index is 438. The van der Waals surface area contributed by atoms with Gasteiger partial charge in [0.25, 0.3) is 0 Å². The van der Waals surface area contributed by atoms with E-state index in [1.807, 2.05) is 0 Å². The van der Waals surface area contributed by atoms with Gasteiger partial charge in [-0.1, -0.05) is 23.7 Å². The SMILES string of the molecule is O=C(NCC(O)c1ccc(Cl)cc1)C1CC(O)CN1. The summed E-state index contributed by atoms with van der Waals surface area (Å²) in [6, 6.07) is 6.44. The summed E-state index contributed by atoms with van der Waals surface area (Å²) in [5.41, 5.74) is 0.698. The average molecular weight is 285 g/mol. The van der Waals surface area contributed by atoms with Gasteiger partial charge in [-0.3, -0.25) is 4.79 Å². The Morgan fingerprint density at radius 1 is 1.47 bits per heavy atom. The molecule has 0 spiro atoms. The molecule has 0 aromatic heterocycles. The van der Waals surface area contributed by atoms with E-state index in [0.29, 0.717) is 23.6 Å². The number of nitrogens with one attached hydrogen (secondary N) is 2. The topological polar surface area (TPSA) is 81.6 Å². The molecule has 1 aromatic rings. The lowest BCUT2D eigenvalue weighted by Crippen LogP contribution is -2.41. The Kier molecular flexibility index (Phi) is 4.76. The monoisotopic (exact) mass is 284 g/mol. The van der Waals surface area contributed by atoms with Gasteiger partial charge in [-0.2, -0.15) is 0 Å². The second-order valence-corrected chi connectivity index (χ2v) is 5.10. The Hall–Kier alpha value is -1.14. The molecule has 1 aliphatic heterocycles. The molecule has 104 valence electrons. The fourth-order valence-corrected chi connectivity index (χ4v) is 2.17. The zero-order valence-corrected chi connectivity index (χ0v) is 11.1. The van der Waals surface area contributed by atoms with Crippen molar-refractivity contribution >= 4 is 17.5 Å². The molecule has 1 aromatic carbocycles. The van der Waals surface area contributed by atoms with E-state index in [1.165, 1.54) is 0 Å². The van der Waals surface area contributed by atoms with E-state index < -0.39 is 12.2 Å². The van der Waals surface area contributed by atoms with E-state index in [0.717, 1.165) is 0 Å². The fourth-order valence-electron chi connectivity index (χ4n) is 2.04. The van der Waals surface area contributed by atoms with E-state index in [-0.39, 0.29) is 18.5 Å². The standard InChI is InChI=1S/C13H17ClN2O3/c14-9-3-1-8(2-4-9)12(18)7-16-13(19)11-5-10(17)6-15-11/h1-4,10-12,15,17-18H,5-7H2,(H,16,19). The fraction of sp³-hybridized carbons (Fsp3) is 0.462. The van der Waals surface area contributed by atoms with Crippen LogP contribution >= 0.6 is 11.6 Å². The largest absolute Gasteiger partial charge is 0.392 e. The van der Waals surface area contributed by atoms with Gasteiger partial charge >= 0.3 is 0 Å². The highest BCUT2D eigenvalue weighted by Crippen LogP contribution is 2.16. The molecule has 1 amide bonds. The maximum atomic E-state index is 11.8. The van der Waals surface area contributed by atoms with Gasteiger partial charge in [0.2, 0.25) is 5.91 Å². The first-order valence-corrected chi connectivity index (χ1v) is 6.56. The van der Waals surface area contributed by atoms with Crippen LogP contribution in [0.4, 0.5) is 0 Å². The van der Waals surface area contributed by atoms with E-state index in [4.69, 9.17) is 11.6 Å². The zero-order chi connectivity index (χ0) is 13.8. The maximum absolute atomic E-state index is 11.8. The first-order chi connectivity index (χ1) is 9.06. The number of halogens is 1. The van der Waals surface area contributed by atoms with Crippen LogP contribution in [-0.4, -0.2) is 41.4 Å². The third-order valence-electron chi connectivity index (χ3n) is 3.15. The quantitative estimate of drug-likeness (QED) is 0.637. The summed E-state index contributed by atoms with van der Waals surface area (Å²) in [6.07, 6.45) is -0.840. The molecule has 1 heterocycles. The number of aliphatic hydroxyl groups is 2. The lowest BCUT2D eigenvalue weighted by atomic mass is 10.1. The summed E-state index contributed by atoms with van der Waals surface area (Å²) in [7, 11) is 0. The van der Waals surface area contributed by atoms with Gasteiger partial charge in [-0.25, -0.2) is 0 Å². The maximum Gasteiger partial charge on any atom is 0.237 e. The minimum atomic E-state index is -0.771. The first kappa shape index (κ1) is 14.3. The lowest BCUT2D eigenvalue weighted by Gasteiger charge is -2.15. The molecule has 2 rings (SSSR count). The summed E-state index contributed by atoms with van der Waals surface area (Å²) in [6.45, 7) is 0.562. The van der Waals surface area contributed by atoms with E-state index in [1.54, 1.807) is 24.3 Å². The Balaban J connectivity index is 1.81. The molecule has 3 unspecified atom stereocenters. The molecule has 6 heteroatoms. The molecule has 1 aliphatic rings. The molecule has 19 heavy (non-hydrogen) atoms. The molecular weight excluding hydrogens is 268 g/mol. The van der Waals surface area contributed by atoms with Crippen LogP contribution < -0.4 is 10.6 Å². The van der Waals surface area contributed by atoms with Crippen molar-refractivity contribution in [2.75, 3.05) is 13.1 Å². The summed E-state index contributed by atoms with van der Waals surface area (Å²) in [4.78, 5) is 11.8. The Morgan fingerprint density at radius 3 is 2.74 bits per heavy atom. The minimum Gasteiger partial charge on any atom is -0.392 e. The van der Waals surface area contributed by atoms with Crippen molar-refractivity contribution in [1.82, 2.24) is 10.6 Å². The van der Waals surface area contributed by atoms with Crippen LogP contribution in [0.25, 0.3) is 0 Å². The molecule has 0 bridgehead atoms. The van der Waals surface area contributed by atoms with Crippen LogP contribution in [0.2, 0.25) is 5.02 Å². The average Bonchev–Trinajstić information content (AvgIpc) is 2.83. The number of β-amino-alcohol motifs (C(OH)–C–C–N with tert-alkyl or cyclic N) is 1. The van der Waals surface area contributed by atoms with Crippen molar-refractivity contribution in [3.63, 3.8) is 0 Å². The number of aliphatic hydroxyl groups excluding tert-OH is 2. The molecular formula is C13H17ClN2O3. The highest BCUT2D eigenvalue weighted by molar-refractivity contribution is 6.30. The van der Waals surface area contributed by atoms with E-state index in [2.05, 4.69) is 10.6 Å². The molecule has 0 aliphatic carbocycles. The smallest absolute Gasteiger partial charge is 0.237 e. The van der Waals surface area contributed by atoms with Gasteiger partial charge < -0.3 is 20.8 Å². The molecule has 1 fully saturated rings. The molecule has 4 N–H and O–H groups in total. The molecule has 3 atom stereocenters. The van der Waals surface area contributed by atoms with Crippen LogP contribution in [0.3, 0.4) is 0 Å². The molecule has 0 saturated carbocycles. The van der Waals surface area contributed by atoms with E-state index in [9.17, 15) is 15.0 Å². The van der Waals surface area contributed by atoms with Crippen molar-refractivity contribution in [2.45, 2.75) is 24.7 Å². The van der Waals surface area contributed by atoms with Gasteiger partial charge in [0, 0.05) is 18.1 Å². The summed E-state index contributed by atoms with van der Waals surface area (Å²) >= 11 is 5.76. The van der Waals surface area contributed by atoms with Crippen molar-refractivity contribution < 1.29 is 15.0 Å². The summed E-state index contributed by atoms with van der Waals surface area (Å²) < 4.78 is 0. The van der Waals surface area contributed by atoms with Gasteiger partial charge in [-0.05, 0) is 24.1 Å². The summed E-state index contributed by atoms with van der Waals surface area (Å²) in [5.74, 6) is -0.204. The Labute approximate surface area is 116 Å². The third-order valence-corrected chi connectivity index (χ3v) is 3.40. The zero-order valence-electron chi connectivity index (χ0n) is 10.3. The van der Waals surface area contributed by atoms with Crippen molar-refractivity contribution in [1.29, 1.82) is 0 Å². The highest BCUT2D eigenvalue weighted by Gasteiger charge is 2.28. The van der Waals surface area contributed by atoms with Crippen molar-refractivity contribution in [3.8, 4) is 0 Å². The van der Waals surface area contributed by atoms with Crippen LogP contribution in [0, 0.1) is 0 Å². The van der Waals surface area contributed by atoms with Gasteiger partial charge in [0.15, 0.2) is 0 Å². The predicted octanol–water partition coefficient (Wildman–Crippen LogP) is 0.212. The molecule has 1 saturated heterocycles. The van der Waals surface area contributed by atoms with Crippen molar-refractivity contribution in [3.05, 3.63) is 34.9 Å². The Morgan fingerprint density at radius 2 is 2.16 bits per heavy atom. The number of carbonyl (C=O) groups excluding carboxylic acids is 1. The second-order valence-electron chi connectivity index (χ2n) is 4.66. The van der Waals surface area contributed by atoms with Crippen LogP contribution in [0.5, 0.6) is 0 Å². The lowest BCUT2D eigenvalue weighted by molar-refractivity contribution is -0.123. The van der Waals surface area contributed by atoms with Crippen molar-refractivity contribution in [2.24, 2.45) is 0 Å². The highest BCUT2D eigenvalue weighted by atomic mass is 35.5. The van der Waals surface area contributed by atoms with Gasteiger partial charge in [-0.15, -0.1) is 0 Å². The predicted molar refractivity (Wildman–Crippen MR) is 71.8 cm³/mol. The van der Waals surface area contributed by atoms with Crippen LogP contribution in [-0.2, 0) is 4.79 Å². The normalized spacial score (nSPS) is 24.2. The number of carbonyl (C=O) groups is 1.